The first-order valence-corrected chi connectivity index (χ1v) is 23.2. The number of phenolic OH excluding ortho intramolecular Hbond substituents is 6. The molecule has 0 amide bonds. The molecular formula is C42H44N3O12P3. The third-order valence-corrected chi connectivity index (χ3v) is 18.2. The number of aromatic hydroxyl groups is 6. The Morgan fingerprint density at radius 1 is 0.383 bits per heavy atom. The van der Waals surface area contributed by atoms with Crippen LogP contribution in [0.25, 0.3) is 0 Å². The van der Waals surface area contributed by atoms with Crippen molar-refractivity contribution >= 4 is 23.7 Å². The third kappa shape index (κ3) is 8.45. The molecule has 15 nitrogen and oxygen atoms in total. The summed E-state index contributed by atoms with van der Waals surface area (Å²) in [6.45, 7) is 10.5. The van der Waals surface area contributed by atoms with Crippen LogP contribution in [0.3, 0.4) is 0 Å². The molecule has 1 heterocycles. The first-order chi connectivity index (χ1) is 28.3. The van der Waals surface area contributed by atoms with Crippen LogP contribution < -0.4 is 36.9 Å². The van der Waals surface area contributed by atoms with Gasteiger partial charge in [0, 0.05) is 0 Å². The fraction of sp³-hybridized carbons (Fsp3) is 0.143. The van der Waals surface area contributed by atoms with Crippen molar-refractivity contribution < 1.29 is 57.8 Å². The third-order valence-electron chi connectivity index (χ3n) is 9.01. The van der Waals surface area contributed by atoms with Crippen molar-refractivity contribution in [3.8, 4) is 69.0 Å². The summed E-state index contributed by atoms with van der Waals surface area (Å²) in [6, 6.07) is 26.9. The van der Waals surface area contributed by atoms with Gasteiger partial charge in [0.1, 0.15) is 0 Å². The summed E-state index contributed by atoms with van der Waals surface area (Å²) in [5.74, 6) is -3.91. The molecule has 6 aromatic rings. The van der Waals surface area contributed by atoms with Crippen LogP contribution in [0.4, 0.5) is 0 Å². The summed E-state index contributed by atoms with van der Waals surface area (Å²) in [5, 5.41) is 68.8. The SMILES string of the molecule is Cc1ccc(OP2(Oc3ccc(C)cc3O)(Oc3ccc(C)cc3O)N=PNP(Oc3ccc(C)cc3O)(Oc3ccc(C)cc3O)(Oc3ccc(C)cc3O)N2)c(O)c1. The number of rotatable bonds is 12. The molecule has 1 aliphatic heterocycles. The van der Waals surface area contributed by atoms with Crippen molar-refractivity contribution in [2.24, 2.45) is 4.52 Å². The van der Waals surface area contributed by atoms with Crippen LogP contribution in [0.1, 0.15) is 33.4 Å². The molecule has 0 radical (unpaired) electrons. The fourth-order valence-electron chi connectivity index (χ4n) is 6.14. The maximum absolute atomic E-state index is 11.5. The predicted molar refractivity (Wildman–Crippen MR) is 230 cm³/mol. The summed E-state index contributed by atoms with van der Waals surface area (Å²) < 4.78 is 45.9. The molecule has 0 unspecified atom stereocenters. The van der Waals surface area contributed by atoms with Crippen molar-refractivity contribution in [2.45, 2.75) is 41.5 Å². The van der Waals surface area contributed by atoms with E-state index in [1.807, 2.05) is 0 Å². The zero-order chi connectivity index (χ0) is 43.1. The molecule has 0 fully saturated rings. The van der Waals surface area contributed by atoms with E-state index in [1.165, 1.54) is 72.8 Å². The van der Waals surface area contributed by atoms with Crippen molar-refractivity contribution in [1.29, 1.82) is 0 Å². The minimum absolute atomic E-state index is 0.250. The number of phenols is 6. The Morgan fingerprint density at radius 2 is 0.617 bits per heavy atom. The van der Waals surface area contributed by atoms with Gasteiger partial charge in [-0.25, -0.2) is 0 Å². The average Bonchev–Trinajstić information content (AvgIpc) is 3.16. The van der Waals surface area contributed by atoms with Gasteiger partial charge in [0.25, 0.3) is 0 Å². The molecule has 0 bridgehead atoms. The van der Waals surface area contributed by atoms with Gasteiger partial charge in [-0.05, 0) is 0 Å². The average molecular weight is 876 g/mol. The Morgan fingerprint density at radius 3 is 0.850 bits per heavy atom. The monoisotopic (exact) mass is 875 g/mol. The van der Waals surface area contributed by atoms with Gasteiger partial charge in [-0.1, -0.05) is 0 Å². The van der Waals surface area contributed by atoms with Crippen molar-refractivity contribution in [3.63, 3.8) is 0 Å². The molecule has 0 spiro atoms. The van der Waals surface area contributed by atoms with Gasteiger partial charge in [0.2, 0.25) is 0 Å². The standard InChI is InChI=1S/C42H44N3O12P3/c1-25-7-13-37(31(46)19-25)52-59(53-38-14-8-26(2)20-32(38)47,54-39-15-9-27(3)21-33(39)48)43-58-44-60(45-59,55-40-16-10-28(4)22-34(40)49,56-41-17-11-29(5)23-35(41)50)57-42-18-12-30(6)24-36(42)51/h7-24,45-51H,1-6H3,(H,43,44). The Kier molecular flexibility index (Phi) is 10.8. The van der Waals surface area contributed by atoms with Gasteiger partial charge in [-0.2, -0.15) is 0 Å². The predicted octanol–water partition coefficient (Wildman–Crippen LogP) is 11.0. The molecule has 0 saturated heterocycles. The first-order valence-electron chi connectivity index (χ1n) is 18.4. The molecule has 8 N–H and O–H groups in total. The van der Waals surface area contributed by atoms with Crippen LogP contribution in [0.2, 0.25) is 0 Å². The molecule has 60 heavy (non-hydrogen) atoms. The first kappa shape index (κ1) is 41.9. The minimum atomic E-state index is -6.14. The van der Waals surface area contributed by atoms with Gasteiger partial charge < -0.3 is 0 Å². The number of hydrogen-bond acceptors (Lipinski definition) is 15. The quantitative estimate of drug-likeness (QED) is 0.0538. The summed E-state index contributed by atoms with van der Waals surface area (Å²) in [4.78, 5) is 6.18. The van der Waals surface area contributed by atoms with Crippen LogP contribution in [0, 0.1) is 41.5 Å². The van der Waals surface area contributed by atoms with Crippen LogP contribution in [0.5, 0.6) is 69.0 Å². The number of hydrogen-bond donors (Lipinski definition) is 8. The van der Waals surface area contributed by atoms with Crippen LogP contribution in [-0.4, -0.2) is 30.6 Å². The molecule has 0 aromatic heterocycles. The Hall–Kier alpha value is -6.20. The molecule has 0 saturated carbocycles. The van der Waals surface area contributed by atoms with E-state index in [9.17, 15) is 30.6 Å². The molecule has 0 atom stereocenters. The second kappa shape index (κ2) is 15.4. The Bertz CT molecular complexity index is 2410. The van der Waals surface area contributed by atoms with Gasteiger partial charge in [-0.15, -0.1) is 0 Å². The number of aryl methyl sites for hydroxylation is 6. The Balaban J connectivity index is 1.63. The number of benzene rings is 6. The van der Waals surface area contributed by atoms with E-state index in [0.29, 0.717) is 33.4 Å². The van der Waals surface area contributed by atoms with Crippen molar-refractivity contribution in [2.75, 3.05) is 0 Å². The van der Waals surface area contributed by atoms with Crippen LogP contribution in [-0.2, 0) is 0 Å². The molecule has 0 aliphatic carbocycles. The van der Waals surface area contributed by atoms with Gasteiger partial charge in [-0.3, -0.25) is 0 Å². The number of nitrogens with one attached hydrogen (secondary N) is 2. The van der Waals surface area contributed by atoms with E-state index in [0.717, 1.165) is 0 Å². The van der Waals surface area contributed by atoms with Gasteiger partial charge in [0.15, 0.2) is 0 Å². The van der Waals surface area contributed by atoms with E-state index in [4.69, 9.17) is 31.7 Å². The molecular weight excluding hydrogens is 831 g/mol. The van der Waals surface area contributed by atoms with Crippen LogP contribution >= 0.6 is 23.7 Å². The zero-order valence-electron chi connectivity index (χ0n) is 33.3. The number of nitrogens with zero attached hydrogens (tertiary/aromatic N) is 1. The summed E-state index contributed by atoms with van der Waals surface area (Å²) >= 11 is 0. The molecule has 6 aromatic carbocycles. The van der Waals surface area contributed by atoms with Crippen molar-refractivity contribution in [1.82, 2.24) is 9.72 Å². The van der Waals surface area contributed by atoms with E-state index in [-0.39, 0.29) is 60.3 Å². The molecule has 7 rings (SSSR count). The topological polar surface area (TPSA) is 213 Å². The second-order valence-corrected chi connectivity index (χ2v) is 21.6. The fourth-order valence-corrected chi connectivity index (χ4v) is 16.5. The molecule has 18 heteroatoms. The maximum atomic E-state index is 11.5. The van der Waals surface area contributed by atoms with Gasteiger partial charge in [0.05, 0.1) is 0 Å². The molecule has 1 aliphatic rings. The second-order valence-electron chi connectivity index (χ2n) is 14.5. The van der Waals surface area contributed by atoms with E-state index in [1.54, 1.807) is 77.9 Å². The van der Waals surface area contributed by atoms with E-state index in [2.05, 4.69) is 9.72 Å². The summed E-state index contributed by atoms with van der Waals surface area (Å²) in [6.07, 6.45) is 0. The summed E-state index contributed by atoms with van der Waals surface area (Å²) in [7, 11) is -12.5. The van der Waals surface area contributed by atoms with E-state index < -0.39 is 32.4 Å². The van der Waals surface area contributed by atoms with Gasteiger partial charge >= 0.3 is 349 Å². The normalized spacial score (nSPS) is 17.4. The zero-order valence-corrected chi connectivity index (χ0v) is 36.0. The molecule has 314 valence electrons. The Labute approximate surface area is 347 Å². The van der Waals surface area contributed by atoms with E-state index >= 15 is 0 Å². The van der Waals surface area contributed by atoms with Crippen molar-refractivity contribution in [3.05, 3.63) is 143 Å². The van der Waals surface area contributed by atoms with Crippen LogP contribution in [0.15, 0.2) is 114 Å². The summed E-state index contributed by atoms with van der Waals surface area (Å²) in [5.41, 5.74) is 3.93.